The summed E-state index contributed by atoms with van der Waals surface area (Å²) in [6.45, 7) is 1.51. The van der Waals surface area contributed by atoms with Gasteiger partial charge in [-0.1, -0.05) is 34.7 Å². The quantitative estimate of drug-likeness (QED) is 0.136. The summed E-state index contributed by atoms with van der Waals surface area (Å²) in [5.74, 6) is -0.645. The van der Waals surface area contributed by atoms with Crippen molar-refractivity contribution in [1.29, 1.82) is 0 Å². The molecule has 0 aliphatic carbocycles. The molecule has 0 fully saturated rings. The fourth-order valence-electron chi connectivity index (χ4n) is 4.02. The maximum Gasteiger partial charge on any atom is 0.373 e. The molecule has 0 spiro atoms. The summed E-state index contributed by atoms with van der Waals surface area (Å²) in [5, 5.41) is 17.1. The van der Waals surface area contributed by atoms with Crippen LogP contribution in [0.1, 0.15) is 12.0 Å². The molecule has 2 aromatic heterocycles. The average Bonchev–Trinajstić information content (AvgIpc) is 3.32. The van der Waals surface area contributed by atoms with Crippen molar-refractivity contribution < 1.29 is 28.7 Å². The molecule has 4 aromatic rings. The van der Waals surface area contributed by atoms with Crippen LogP contribution in [0.3, 0.4) is 0 Å². The Morgan fingerprint density at radius 3 is 2.58 bits per heavy atom. The maximum absolute atomic E-state index is 13.7. The molecule has 0 radical (unpaired) electrons. The second-order valence-corrected chi connectivity index (χ2v) is 13.2. The normalized spacial score (nSPS) is 10.7. The number of thioether (sulfide) groups is 1. The Morgan fingerprint density at radius 1 is 1.18 bits per heavy atom. The molecule has 238 valence electrons. The zero-order valence-corrected chi connectivity index (χ0v) is 27.7. The summed E-state index contributed by atoms with van der Waals surface area (Å²) < 4.78 is 16.3. The van der Waals surface area contributed by atoms with Crippen LogP contribution in [0, 0.1) is 9.77 Å². The van der Waals surface area contributed by atoms with Gasteiger partial charge in [0.25, 0.3) is 0 Å². The number of Topliss-reactive ketones (excluding diaryl/α,β-unsaturated/α-hetero) is 1. The first kappa shape index (κ1) is 35.7. The minimum atomic E-state index is -0.882. The van der Waals surface area contributed by atoms with Crippen molar-refractivity contribution >= 4 is 92.9 Å². The Balaban J connectivity index is 0.00000177. The molecule has 2 heterocycles. The van der Waals surface area contributed by atoms with Crippen LogP contribution < -0.4 is 10.2 Å². The Bertz CT molecular complexity index is 1760. The monoisotopic (exact) mass is 693 g/mol. The van der Waals surface area contributed by atoms with Crippen molar-refractivity contribution in [3.63, 3.8) is 0 Å². The smallest absolute Gasteiger partial charge is 0.373 e. The van der Waals surface area contributed by atoms with E-state index in [0.29, 0.717) is 36.5 Å². The maximum atomic E-state index is 13.7. The van der Waals surface area contributed by atoms with Crippen LogP contribution in [0.5, 0.6) is 0 Å². The van der Waals surface area contributed by atoms with E-state index >= 15 is 0 Å². The molecule has 0 saturated carbocycles. The number of nitrogens with zero attached hydrogens (tertiary/aromatic N) is 6. The highest BCUT2D eigenvalue weighted by Gasteiger charge is 2.18. The summed E-state index contributed by atoms with van der Waals surface area (Å²) in [5.41, 5.74) is 2.87. The SMILES string of the molecule is CN(C)CCN(C)c1cc2ncnc(Nc3ccc(F)c(Cl)c3)c2cc1CC(=O)Cn1nc(SCCC(=O)O)sc1=S.O=C=O. The van der Waals surface area contributed by atoms with Gasteiger partial charge in [-0.2, -0.15) is 14.7 Å². The fraction of sp³-hybridized carbons (Fsp3) is 0.321. The van der Waals surface area contributed by atoms with E-state index in [0.717, 1.165) is 24.3 Å². The zero-order chi connectivity index (χ0) is 33.1. The van der Waals surface area contributed by atoms with Crippen LogP contribution in [0.15, 0.2) is 41.0 Å². The van der Waals surface area contributed by atoms with Crippen LogP contribution in [0.4, 0.5) is 21.6 Å². The van der Waals surface area contributed by atoms with E-state index in [1.807, 2.05) is 33.3 Å². The predicted molar refractivity (Wildman–Crippen MR) is 174 cm³/mol. The average molecular weight is 694 g/mol. The topological polar surface area (TPSA) is 151 Å². The first-order valence-corrected chi connectivity index (χ1v) is 15.8. The molecule has 0 bridgehead atoms. The number of fused-ring (bicyclic) bond motifs is 1. The lowest BCUT2D eigenvalue weighted by Crippen LogP contribution is -2.29. The van der Waals surface area contributed by atoms with Crippen LogP contribution in [-0.4, -0.2) is 87.6 Å². The minimum absolute atomic E-state index is 0.0107. The number of halogens is 2. The van der Waals surface area contributed by atoms with Gasteiger partial charge in [-0.05, 0) is 62.2 Å². The van der Waals surface area contributed by atoms with Crippen LogP contribution in [0.2, 0.25) is 5.02 Å². The van der Waals surface area contributed by atoms with Crippen molar-refractivity contribution in [3.05, 3.63) is 57.0 Å². The number of ketones is 1. The number of carbonyl (C=O) groups excluding carboxylic acids is 3. The number of likely N-dealkylation sites (N-methyl/N-ethyl adjacent to an activating group) is 2. The van der Waals surface area contributed by atoms with Crippen molar-refractivity contribution in [2.24, 2.45) is 0 Å². The molecule has 0 amide bonds. The van der Waals surface area contributed by atoms with Crippen molar-refractivity contribution in [2.75, 3.05) is 50.2 Å². The first-order valence-electron chi connectivity index (χ1n) is 13.2. The molecule has 12 nitrogen and oxygen atoms in total. The molecule has 0 aliphatic heterocycles. The number of aromatic nitrogens is 4. The summed E-state index contributed by atoms with van der Waals surface area (Å²) in [7, 11) is 5.96. The summed E-state index contributed by atoms with van der Waals surface area (Å²) in [6.07, 6.45) is 1.81. The van der Waals surface area contributed by atoms with Crippen molar-refractivity contribution in [1.82, 2.24) is 24.6 Å². The standard InChI is InChI=1S/C27H29ClFN7O3S3.CO2/c1-34(2)7-8-35(3)23-13-22-19(25(31-15-30-22)32-17-4-5-21(29)20(28)12-17)11-16(23)10-18(37)14-36-27(40)42-26(33-36)41-9-6-24(38)39;2-1-3/h4-5,11-13,15H,6-10,14H2,1-3H3,(H,38,39)(H,30,31,32);. The Labute approximate surface area is 276 Å². The van der Waals surface area contributed by atoms with E-state index in [4.69, 9.17) is 38.5 Å². The second-order valence-electron chi connectivity index (χ2n) is 9.78. The van der Waals surface area contributed by atoms with Gasteiger partial charge >= 0.3 is 12.1 Å². The number of carbonyl (C=O) groups is 2. The number of aliphatic carboxylic acids is 1. The van der Waals surface area contributed by atoms with Crippen LogP contribution in [-0.2, 0) is 32.1 Å². The molecule has 0 atom stereocenters. The molecule has 2 aromatic carbocycles. The highest BCUT2D eigenvalue weighted by atomic mass is 35.5. The predicted octanol–water partition coefficient (Wildman–Crippen LogP) is 4.95. The van der Waals surface area contributed by atoms with Gasteiger partial charge in [0.15, 0.2) is 14.1 Å². The number of hydrogen-bond acceptors (Lipinski definition) is 13. The third kappa shape index (κ3) is 10.7. The van der Waals surface area contributed by atoms with Gasteiger partial charge in [-0.15, -0.1) is 0 Å². The summed E-state index contributed by atoms with van der Waals surface area (Å²) >= 11 is 13.9. The number of carboxylic acids is 1. The van der Waals surface area contributed by atoms with Gasteiger partial charge in [0.05, 0.1) is 17.0 Å². The molecule has 17 heteroatoms. The minimum Gasteiger partial charge on any atom is -0.481 e. The number of anilines is 3. The number of rotatable bonds is 14. The van der Waals surface area contributed by atoms with Crippen molar-refractivity contribution in [2.45, 2.75) is 23.7 Å². The van der Waals surface area contributed by atoms with E-state index in [1.165, 1.54) is 46.2 Å². The van der Waals surface area contributed by atoms with Gasteiger partial charge in [-0.3, -0.25) is 9.59 Å². The molecule has 0 aliphatic rings. The number of carboxylic acid groups (broad SMARTS) is 1. The van der Waals surface area contributed by atoms with E-state index in [9.17, 15) is 14.0 Å². The van der Waals surface area contributed by atoms with Gasteiger partial charge in [0, 0.05) is 49.1 Å². The largest absolute Gasteiger partial charge is 0.481 e. The van der Waals surface area contributed by atoms with Crippen LogP contribution in [0.25, 0.3) is 10.9 Å². The molecule has 0 saturated heterocycles. The third-order valence-electron chi connectivity index (χ3n) is 6.15. The molecule has 4 rings (SSSR count). The van der Waals surface area contributed by atoms with Crippen LogP contribution >= 0.6 is 46.9 Å². The van der Waals surface area contributed by atoms with E-state index < -0.39 is 11.8 Å². The Kier molecular flexibility index (Phi) is 13.5. The zero-order valence-electron chi connectivity index (χ0n) is 24.5. The lowest BCUT2D eigenvalue weighted by molar-refractivity contribution is -0.191. The molecular weight excluding hydrogens is 665 g/mol. The highest BCUT2D eigenvalue weighted by molar-refractivity contribution is 8.01. The van der Waals surface area contributed by atoms with E-state index in [1.54, 1.807) is 6.07 Å². The van der Waals surface area contributed by atoms with E-state index in [-0.39, 0.29) is 36.3 Å². The summed E-state index contributed by atoms with van der Waals surface area (Å²) in [4.78, 5) is 53.4. The van der Waals surface area contributed by atoms with Gasteiger partial charge in [0.2, 0.25) is 0 Å². The van der Waals surface area contributed by atoms with Gasteiger partial charge in [-0.25, -0.2) is 19.0 Å². The molecular formula is C28H29ClFN7O5S3. The lowest BCUT2D eigenvalue weighted by Gasteiger charge is -2.25. The number of benzene rings is 2. The molecule has 0 unspecified atom stereocenters. The highest BCUT2D eigenvalue weighted by Crippen LogP contribution is 2.32. The summed E-state index contributed by atoms with van der Waals surface area (Å²) in [6, 6.07) is 8.15. The Hall–Kier alpha value is -3.79. The lowest BCUT2D eigenvalue weighted by atomic mass is 10.0. The van der Waals surface area contributed by atoms with Gasteiger partial charge < -0.3 is 20.2 Å². The Morgan fingerprint density at radius 2 is 1.91 bits per heavy atom. The second kappa shape index (κ2) is 17.1. The number of nitrogens with one attached hydrogen (secondary N) is 1. The molecule has 45 heavy (non-hydrogen) atoms. The first-order chi connectivity index (χ1) is 21.4. The van der Waals surface area contributed by atoms with E-state index in [2.05, 4.69) is 30.2 Å². The van der Waals surface area contributed by atoms with Crippen molar-refractivity contribution in [3.8, 4) is 0 Å². The molecule has 2 N–H and O–H groups in total. The third-order valence-corrected chi connectivity index (χ3v) is 8.89. The van der Waals surface area contributed by atoms with Gasteiger partial charge in [0.1, 0.15) is 24.5 Å². The number of hydrogen-bond donors (Lipinski definition) is 2. The fourth-order valence-corrected chi connectivity index (χ4v) is 6.53.